The number of carboxylic acid groups (broad SMARTS) is 1. The van der Waals surface area contributed by atoms with Crippen molar-refractivity contribution in [2.24, 2.45) is 5.92 Å². The van der Waals surface area contributed by atoms with Crippen molar-refractivity contribution in [2.45, 2.75) is 51.8 Å². The molecule has 4 atom stereocenters. The molecule has 1 rings (SSSR count). The fraction of sp³-hybridized carbons (Fsp3) is 0.833. The smallest absolute Gasteiger partial charge is 0.328 e. The van der Waals surface area contributed by atoms with Crippen molar-refractivity contribution in [2.75, 3.05) is 6.54 Å². The number of nitrogens with one attached hydrogen (secondary N) is 1. The molecule has 1 aliphatic rings. The van der Waals surface area contributed by atoms with Crippen molar-refractivity contribution >= 4 is 12.0 Å². The molecule has 104 valence electrons. The van der Waals surface area contributed by atoms with Crippen molar-refractivity contribution < 1.29 is 19.8 Å². The predicted molar refractivity (Wildman–Crippen MR) is 66.2 cm³/mol. The van der Waals surface area contributed by atoms with Crippen LogP contribution in [0.15, 0.2) is 0 Å². The van der Waals surface area contributed by atoms with Crippen LogP contribution in [-0.2, 0) is 4.79 Å². The lowest BCUT2D eigenvalue weighted by atomic mass is 9.92. The van der Waals surface area contributed by atoms with Crippen LogP contribution in [0.25, 0.3) is 0 Å². The second-order valence-electron chi connectivity index (χ2n) is 5.06. The number of carboxylic acids is 1. The van der Waals surface area contributed by atoms with Crippen molar-refractivity contribution in [3.05, 3.63) is 0 Å². The number of carbonyl (C=O) groups excluding carboxylic acids is 1. The van der Waals surface area contributed by atoms with Gasteiger partial charge in [-0.2, -0.15) is 0 Å². The highest BCUT2D eigenvalue weighted by Gasteiger charge is 2.32. The molecule has 1 saturated heterocycles. The summed E-state index contributed by atoms with van der Waals surface area (Å²) in [6, 6.07) is -1.59. The number of aliphatic carboxylic acids is 1. The number of aliphatic hydroxyl groups is 1. The van der Waals surface area contributed by atoms with Crippen LogP contribution in [0.1, 0.15) is 33.6 Å². The third-order valence-corrected chi connectivity index (χ3v) is 3.66. The summed E-state index contributed by atoms with van der Waals surface area (Å²) in [7, 11) is 0. The lowest BCUT2D eigenvalue weighted by molar-refractivity contribution is -0.141. The number of hydrogen-bond donors (Lipinski definition) is 3. The van der Waals surface area contributed by atoms with E-state index in [9.17, 15) is 14.7 Å². The zero-order chi connectivity index (χ0) is 13.9. The zero-order valence-electron chi connectivity index (χ0n) is 11.1. The van der Waals surface area contributed by atoms with Crippen LogP contribution in [0.5, 0.6) is 0 Å². The average Bonchev–Trinajstić information content (AvgIpc) is 2.28. The third kappa shape index (κ3) is 3.35. The predicted octanol–water partition coefficient (Wildman–Crippen LogP) is 0.650. The number of likely N-dealkylation sites (tertiary alicyclic amines) is 1. The monoisotopic (exact) mass is 258 g/mol. The van der Waals surface area contributed by atoms with E-state index in [0.29, 0.717) is 12.5 Å². The second-order valence-corrected chi connectivity index (χ2v) is 5.06. The molecule has 2 unspecified atom stereocenters. The third-order valence-electron chi connectivity index (χ3n) is 3.66. The number of aliphatic hydroxyl groups excluding tert-OH is 1. The highest BCUT2D eigenvalue weighted by atomic mass is 16.4. The molecular weight excluding hydrogens is 236 g/mol. The maximum atomic E-state index is 12.0. The van der Waals surface area contributed by atoms with Gasteiger partial charge in [0.15, 0.2) is 6.04 Å². The van der Waals surface area contributed by atoms with E-state index in [1.165, 1.54) is 6.92 Å². The lowest BCUT2D eigenvalue weighted by Gasteiger charge is -2.38. The first-order chi connectivity index (χ1) is 8.34. The van der Waals surface area contributed by atoms with Gasteiger partial charge in [-0.15, -0.1) is 0 Å². The molecule has 18 heavy (non-hydrogen) atoms. The van der Waals surface area contributed by atoms with Gasteiger partial charge in [0, 0.05) is 12.6 Å². The topological polar surface area (TPSA) is 89.9 Å². The molecule has 1 aliphatic heterocycles. The quantitative estimate of drug-likeness (QED) is 0.693. The molecule has 2 amide bonds. The molecule has 0 saturated carbocycles. The Morgan fingerprint density at radius 3 is 2.50 bits per heavy atom. The van der Waals surface area contributed by atoms with Crippen LogP contribution in [0.3, 0.4) is 0 Å². The SMILES string of the molecule is CC1CCCN(C(=O)N[C@H](C(=O)O)[C@@H](C)O)C1C. The maximum absolute atomic E-state index is 12.0. The summed E-state index contributed by atoms with van der Waals surface area (Å²) < 4.78 is 0. The molecule has 0 spiro atoms. The van der Waals surface area contributed by atoms with Gasteiger partial charge in [0.25, 0.3) is 0 Å². The molecule has 3 N–H and O–H groups in total. The zero-order valence-corrected chi connectivity index (χ0v) is 11.1. The number of hydrogen-bond acceptors (Lipinski definition) is 3. The van der Waals surface area contributed by atoms with Gasteiger partial charge in [0.2, 0.25) is 0 Å². The van der Waals surface area contributed by atoms with E-state index >= 15 is 0 Å². The van der Waals surface area contributed by atoms with Gasteiger partial charge in [-0.25, -0.2) is 9.59 Å². The summed E-state index contributed by atoms with van der Waals surface area (Å²) in [4.78, 5) is 24.6. The number of amides is 2. The van der Waals surface area contributed by atoms with Gasteiger partial charge in [0.1, 0.15) is 0 Å². The largest absolute Gasteiger partial charge is 0.480 e. The van der Waals surface area contributed by atoms with Crippen LogP contribution >= 0.6 is 0 Å². The molecule has 0 aliphatic carbocycles. The lowest BCUT2D eigenvalue weighted by Crippen LogP contribution is -2.56. The molecule has 0 aromatic rings. The van der Waals surface area contributed by atoms with Crippen molar-refractivity contribution in [1.82, 2.24) is 10.2 Å². The minimum atomic E-state index is -1.26. The van der Waals surface area contributed by atoms with Gasteiger partial charge >= 0.3 is 12.0 Å². The minimum Gasteiger partial charge on any atom is -0.480 e. The average molecular weight is 258 g/mol. The number of carbonyl (C=O) groups is 2. The Balaban J connectivity index is 2.66. The van der Waals surface area contributed by atoms with E-state index in [-0.39, 0.29) is 6.04 Å². The highest BCUT2D eigenvalue weighted by Crippen LogP contribution is 2.22. The molecular formula is C12H22N2O4. The fourth-order valence-corrected chi connectivity index (χ4v) is 2.23. The molecule has 0 bridgehead atoms. The summed E-state index contributed by atoms with van der Waals surface area (Å²) in [6.45, 7) is 6.01. The fourth-order valence-electron chi connectivity index (χ4n) is 2.23. The van der Waals surface area contributed by atoms with E-state index in [4.69, 9.17) is 5.11 Å². The molecule has 1 fully saturated rings. The Morgan fingerprint density at radius 1 is 1.39 bits per heavy atom. The second kappa shape index (κ2) is 6.04. The van der Waals surface area contributed by atoms with E-state index in [0.717, 1.165) is 12.8 Å². The van der Waals surface area contributed by atoms with Crippen LogP contribution in [0.4, 0.5) is 4.79 Å². The van der Waals surface area contributed by atoms with E-state index < -0.39 is 24.1 Å². The first kappa shape index (κ1) is 14.8. The number of nitrogens with zero attached hydrogens (tertiary/aromatic N) is 1. The minimum absolute atomic E-state index is 0.0854. The van der Waals surface area contributed by atoms with Crippen LogP contribution < -0.4 is 5.32 Å². The molecule has 0 aromatic heterocycles. The van der Waals surface area contributed by atoms with E-state index in [2.05, 4.69) is 12.2 Å². The highest BCUT2D eigenvalue weighted by molar-refractivity contribution is 5.83. The molecule has 0 radical (unpaired) electrons. The summed E-state index contributed by atoms with van der Waals surface area (Å²) >= 11 is 0. The molecule has 1 heterocycles. The van der Waals surface area contributed by atoms with Gasteiger partial charge in [0.05, 0.1) is 6.10 Å². The first-order valence-corrected chi connectivity index (χ1v) is 6.32. The van der Waals surface area contributed by atoms with Gasteiger partial charge in [-0.3, -0.25) is 0 Å². The Hall–Kier alpha value is -1.30. The van der Waals surface area contributed by atoms with Gasteiger partial charge < -0.3 is 20.4 Å². The molecule has 6 nitrogen and oxygen atoms in total. The van der Waals surface area contributed by atoms with Crippen molar-refractivity contribution in [3.8, 4) is 0 Å². The number of urea groups is 1. The first-order valence-electron chi connectivity index (χ1n) is 6.32. The molecule has 6 heteroatoms. The Bertz CT molecular complexity index is 319. The Labute approximate surface area is 107 Å². The maximum Gasteiger partial charge on any atom is 0.328 e. The van der Waals surface area contributed by atoms with Crippen LogP contribution in [-0.4, -0.2) is 51.8 Å². The molecule has 0 aromatic carbocycles. The van der Waals surface area contributed by atoms with Crippen molar-refractivity contribution in [1.29, 1.82) is 0 Å². The van der Waals surface area contributed by atoms with Gasteiger partial charge in [-0.1, -0.05) is 6.92 Å². The Morgan fingerprint density at radius 2 is 2.00 bits per heavy atom. The van der Waals surface area contributed by atoms with E-state index in [1.807, 2.05) is 6.92 Å². The standard InChI is InChI=1S/C12H22N2O4/c1-7-5-4-6-14(8(7)2)12(18)13-10(9(3)15)11(16)17/h7-10,15H,4-6H2,1-3H3,(H,13,18)(H,16,17)/t7?,8?,9-,10+/m1/s1. The summed E-state index contributed by atoms with van der Waals surface area (Å²) in [5.41, 5.74) is 0. The summed E-state index contributed by atoms with van der Waals surface area (Å²) in [6.07, 6.45) is 0.874. The summed E-state index contributed by atoms with van der Waals surface area (Å²) in [5, 5.41) is 20.6. The number of piperidine rings is 1. The normalized spacial score (nSPS) is 27.4. The van der Waals surface area contributed by atoms with Crippen LogP contribution in [0.2, 0.25) is 0 Å². The Kier molecular flexibility index (Phi) is 4.95. The number of rotatable bonds is 3. The summed E-state index contributed by atoms with van der Waals surface area (Å²) in [5.74, 6) is -0.824. The van der Waals surface area contributed by atoms with Gasteiger partial charge in [-0.05, 0) is 32.6 Å². The van der Waals surface area contributed by atoms with E-state index in [1.54, 1.807) is 4.90 Å². The van der Waals surface area contributed by atoms with Crippen LogP contribution in [0, 0.1) is 5.92 Å². The van der Waals surface area contributed by atoms with Crippen molar-refractivity contribution in [3.63, 3.8) is 0 Å².